The molecule has 1 aromatic heterocycles. The van der Waals surface area contributed by atoms with E-state index in [1.807, 2.05) is 29.0 Å². The van der Waals surface area contributed by atoms with Gasteiger partial charge in [0.05, 0.1) is 26.1 Å². The normalized spacial score (nSPS) is 20.5. The van der Waals surface area contributed by atoms with Crippen molar-refractivity contribution in [1.29, 1.82) is 0 Å². The maximum absolute atomic E-state index is 13.5. The molecule has 1 aliphatic heterocycles. The first-order valence-electron chi connectivity index (χ1n) is 11.6. The van der Waals surface area contributed by atoms with Crippen LogP contribution in [-0.2, 0) is 13.1 Å². The van der Waals surface area contributed by atoms with Crippen molar-refractivity contribution in [2.75, 3.05) is 33.4 Å². The number of likely N-dealkylation sites (tertiary alicyclic amines) is 1. The lowest BCUT2D eigenvalue weighted by Gasteiger charge is -2.42. The molecule has 2 aromatic carbocycles. The van der Waals surface area contributed by atoms with E-state index in [0.717, 1.165) is 5.56 Å². The van der Waals surface area contributed by atoms with Crippen LogP contribution in [-0.4, -0.2) is 69.8 Å². The molecule has 8 nitrogen and oxygen atoms in total. The van der Waals surface area contributed by atoms with E-state index in [1.165, 1.54) is 12.1 Å². The monoisotopic (exact) mass is 485 g/mol. The smallest absolute Gasteiger partial charge is 0.161 e. The van der Waals surface area contributed by atoms with Gasteiger partial charge in [-0.2, -0.15) is 0 Å². The van der Waals surface area contributed by atoms with Gasteiger partial charge in [0.15, 0.2) is 11.5 Å². The highest BCUT2D eigenvalue weighted by Gasteiger charge is 2.42. The Morgan fingerprint density at radius 2 is 2.03 bits per heavy atom. The van der Waals surface area contributed by atoms with Crippen LogP contribution in [0.25, 0.3) is 0 Å². The predicted molar refractivity (Wildman–Crippen MR) is 128 cm³/mol. The fourth-order valence-electron chi connectivity index (χ4n) is 4.21. The lowest BCUT2D eigenvalue weighted by atomic mass is 9.90. The van der Waals surface area contributed by atoms with Crippen LogP contribution in [0.1, 0.15) is 17.5 Å². The van der Waals surface area contributed by atoms with E-state index >= 15 is 0 Å². The number of benzene rings is 2. The summed E-state index contributed by atoms with van der Waals surface area (Å²) in [7, 11) is 1.60. The summed E-state index contributed by atoms with van der Waals surface area (Å²) in [5.41, 5.74) is 0.0112. The largest absolute Gasteiger partial charge is 0.493 e. The highest BCUT2D eigenvalue weighted by molar-refractivity contribution is 5.43. The SMILES string of the molecule is COc1ccc(CN2CC[C@H](O)[C@@](O)(COc3ccc(F)c(C)c3)C2)cc1OCCn1ccnc1. The van der Waals surface area contributed by atoms with Gasteiger partial charge in [-0.05, 0) is 54.8 Å². The Morgan fingerprint density at radius 1 is 1.17 bits per heavy atom. The molecule has 2 atom stereocenters. The number of nitrogens with zero attached hydrogens (tertiary/aromatic N) is 3. The minimum absolute atomic E-state index is 0.0963. The number of ether oxygens (including phenoxy) is 3. The topological polar surface area (TPSA) is 89.2 Å². The fourth-order valence-corrected chi connectivity index (χ4v) is 4.21. The highest BCUT2D eigenvalue weighted by Crippen LogP contribution is 2.30. The lowest BCUT2D eigenvalue weighted by molar-refractivity contribution is -0.140. The molecule has 1 aliphatic rings. The molecule has 9 heteroatoms. The summed E-state index contributed by atoms with van der Waals surface area (Å²) in [6, 6.07) is 10.2. The van der Waals surface area contributed by atoms with Crippen molar-refractivity contribution in [2.45, 2.75) is 38.1 Å². The van der Waals surface area contributed by atoms with Crippen molar-refractivity contribution < 1.29 is 28.8 Å². The maximum atomic E-state index is 13.5. The van der Waals surface area contributed by atoms with E-state index in [2.05, 4.69) is 9.88 Å². The number of aromatic nitrogens is 2. The lowest BCUT2D eigenvalue weighted by Crippen LogP contribution is -2.59. The van der Waals surface area contributed by atoms with Crippen LogP contribution in [0.2, 0.25) is 0 Å². The number of aliphatic hydroxyl groups excluding tert-OH is 1. The predicted octanol–water partition coefficient (Wildman–Crippen LogP) is 2.79. The Bertz CT molecular complexity index is 1110. The summed E-state index contributed by atoms with van der Waals surface area (Å²) in [6.45, 7) is 4.11. The zero-order valence-electron chi connectivity index (χ0n) is 20.1. The second kappa shape index (κ2) is 11.1. The van der Waals surface area contributed by atoms with Gasteiger partial charge < -0.3 is 29.0 Å². The second-order valence-electron chi connectivity index (χ2n) is 8.95. The molecular weight excluding hydrogens is 453 g/mol. The molecule has 0 aliphatic carbocycles. The molecule has 4 rings (SSSR count). The second-order valence-corrected chi connectivity index (χ2v) is 8.95. The number of hydrogen-bond donors (Lipinski definition) is 2. The molecule has 0 saturated carbocycles. The third kappa shape index (κ3) is 6.30. The molecule has 1 saturated heterocycles. The average molecular weight is 486 g/mol. The van der Waals surface area contributed by atoms with Gasteiger partial charge in [0.2, 0.25) is 0 Å². The van der Waals surface area contributed by atoms with Crippen LogP contribution < -0.4 is 14.2 Å². The minimum atomic E-state index is -1.45. The Morgan fingerprint density at radius 3 is 2.77 bits per heavy atom. The molecule has 2 heterocycles. The number of rotatable bonds is 10. The zero-order chi connectivity index (χ0) is 24.8. The molecule has 0 bridgehead atoms. The van der Waals surface area contributed by atoms with Gasteiger partial charge in [-0.25, -0.2) is 9.37 Å². The summed E-state index contributed by atoms with van der Waals surface area (Å²) in [5.74, 6) is 1.43. The molecule has 188 valence electrons. The number of imidazole rings is 1. The molecule has 3 aromatic rings. The molecule has 35 heavy (non-hydrogen) atoms. The van der Waals surface area contributed by atoms with Crippen LogP contribution in [0.5, 0.6) is 17.2 Å². The number of methoxy groups -OCH3 is 1. The van der Waals surface area contributed by atoms with Gasteiger partial charge in [-0.3, -0.25) is 4.90 Å². The number of aliphatic hydroxyl groups is 2. The minimum Gasteiger partial charge on any atom is -0.493 e. The van der Waals surface area contributed by atoms with E-state index in [-0.39, 0.29) is 19.0 Å². The molecule has 2 N–H and O–H groups in total. The fraction of sp³-hybridized carbons (Fsp3) is 0.423. The van der Waals surface area contributed by atoms with Gasteiger partial charge >= 0.3 is 0 Å². The number of halogens is 1. The quantitative estimate of drug-likeness (QED) is 0.457. The summed E-state index contributed by atoms with van der Waals surface area (Å²) in [4.78, 5) is 6.10. The van der Waals surface area contributed by atoms with Crippen LogP contribution in [0, 0.1) is 12.7 Å². The maximum Gasteiger partial charge on any atom is 0.161 e. The first-order chi connectivity index (χ1) is 16.9. The Kier molecular flexibility index (Phi) is 7.90. The van der Waals surface area contributed by atoms with Gasteiger partial charge in [0, 0.05) is 32.0 Å². The van der Waals surface area contributed by atoms with E-state index < -0.39 is 11.7 Å². The third-order valence-electron chi connectivity index (χ3n) is 6.26. The average Bonchev–Trinajstić information content (AvgIpc) is 3.36. The Balaban J connectivity index is 1.38. The number of piperidine rings is 1. The molecule has 0 spiro atoms. The van der Waals surface area contributed by atoms with Gasteiger partial charge in [-0.1, -0.05) is 6.07 Å². The Labute approximate surface area is 204 Å². The van der Waals surface area contributed by atoms with Crippen molar-refractivity contribution in [3.05, 3.63) is 72.1 Å². The van der Waals surface area contributed by atoms with Crippen LogP contribution in [0.3, 0.4) is 0 Å². The summed E-state index contributed by atoms with van der Waals surface area (Å²) in [5, 5.41) is 21.7. The van der Waals surface area contributed by atoms with E-state index in [4.69, 9.17) is 14.2 Å². The number of aryl methyl sites for hydroxylation is 1. The summed E-state index contributed by atoms with van der Waals surface area (Å²) in [6.07, 6.45) is 4.84. The van der Waals surface area contributed by atoms with Crippen LogP contribution >= 0.6 is 0 Å². The zero-order valence-corrected chi connectivity index (χ0v) is 20.1. The molecule has 0 radical (unpaired) electrons. The van der Waals surface area contributed by atoms with Crippen molar-refractivity contribution in [3.8, 4) is 17.2 Å². The Hall–Kier alpha value is -3.14. The van der Waals surface area contributed by atoms with Crippen molar-refractivity contribution in [2.24, 2.45) is 0 Å². The molecule has 0 amide bonds. The first kappa shape index (κ1) is 25.0. The third-order valence-corrected chi connectivity index (χ3v) is 6.26. The molecule has 0 unspecified atom stereocenters. The van der Waals surface area contributed by atoms with Crippen molar-refractivity contribution in [3.63, 3.8) is 0 Å². The van der Waals surface area contributed by atoms with Crippen molar-refractivity contribution in [1.82, 2.24) is 14.5 Å². The van der Waals surface area contributed by atoms with Gasteiger partial charge in [0.1, 0.15) is 30.4 Å². The van der Waals surface area contributed by atoms with Crippen LogP contribution in [0.4, 0.5) is 4.39 Å². The van der Waals surface area contributed by atoms with E-state index in [1.54, 1.807) is 32.6 Å². The van der Waals surface area contributed by atoms with E-state index in [9.17, 15) is 14.6 Å². The van der Waals surface area contributed by atoms with E-state index in [0.29, 0.717) is 55.5 Å². The van der Waals surface area contributed by atoms with Gasteiger partial charge in [0.25, 0.3) is 0 Å². The molecular formula is C26H32FN3O5. The first-order valence-corrected chi connectivity index (χ1v) is 11.6. The number of β-amino-alcohol motifs (C(OH)–C–C–N with tert-alkyl or cyclic N) is 1. The summed E-state index contributed by atoms with van der Waals surface area (Å²) < 4.78 is 32.6. The molecule has 1 fully saturated rings. The van der Waals surface area contributed by atoms with Crippen LogP contribution in [0.15, 0.2) is 55.1 Å². The summed E-state index contributed by atoms with van der Waals surface area (Å²) >= 11 is 0. The van der Waals surface area contributed by atoms with Crippen molar-refractivity contribution >= 4 is 0 Å². The highest BCUT2D eigenvalue weighted by atomic mass is 19.1. The standard InChI is InChI=1S/C26H32FN3O5/c1-19-13-21(4-5-22(19)27)35-17-26(32)16-30(9-7-25(26)31)15-20-3-6-23(33-2)24(14-20)34-12-11-29-10-8-28-18-29/h3-6,8,10,13-14,18,25,31-32H,7,9,11-12,15-17H2,1-2H3/t25-,26-/m0/s1. The van der Waals surface area contributed by atoms with Gasteiger partial charge in [-0.15, -0.1) is 0 Å². The number of hydrogen-bond acceptors (Lipinski definition) is 7.